The van der Waals surface area contributed by atoms with E-state index in [9.17, 15) is 5.11 Å². The highest BCUT2D eigenvalue weighted by molar-refractivity contribution is 5.39. The van der Waals surface area contributed by atoms with Gasteiger partial charge in [0, 0.05) is 19.2 Å². The molecule has 1 atom stereocenters. The third-order valence-corrected chi connectivity index (χ3v) is 2.56. The molecule has 0 aromatic heterocycles. The Morgan fingerprint density at radius 3 is 2.64 bits per heavy atom. The van der Waals surface area contributed by atoms with Gasteiger partial charge in [0.15, 0.2) is 0 Å². The van der Waals surface area contributed by atoms with E-state index in [4.69, 9.17) is 10.5 Å². The summed E-state index contributed by atoms with van der Waals surface area (Å²) in [7, 11) is 1.59. The Hall–Kier alpha value is -1.06. The second kappa shape index (κ2) is 3.98. The molecule has 78 valence electrons. The molecular weight excluding hydrogens is 178 g/mol. The molecule has 0 saturated carbocycles. The van der Waals surface area contributed by atoms with Crippen LogP contribution >= 0.6 is 0 Å². The molecule has 1 aromatic carbocycles. The minimum absolute atomic E-state index is 0.227. The number of methoxy groups -OCH3 is 1. The van der Waals surface area contributed by atoms with E-state index in [0.717, 1.165) is 11.1 Å². The molecule has 1 unspecified atom stereocenters. The molecule has 0 bridgehead atoms. The number of ether oxygens (including phenoxy) is 1. The Kier molecular flexibility index (Phi) is 3.13. The van der Waals surface area contributed by atoms with Gasteiger partial charge in [0.25, 0.3) is 0 Å². The zero-order valence-corrected chi connectivity index (χ0v) is 8.87. The van der Waals surface area contributed by atoms with Crippen LogP contribution in [0.5, 0.6) is 5.75 Å². The first kappa shape index (κ1) is 11.0. The summed E-state index contributed by atoms with van der Waals surface area (Å²) in [6, 6.07) is 5.41. The van der Waals surface area contributed by atoms with Gasteiger partial charge in [-0.2, -0.15) is 0 Å². The van der Waals surface area contributed by atoms with Crippen LogP contribution < -0.4 is 5.73 Å². The fourth-order valence-electron chi connectivity index (χ4n) is 1.38. The molecular formula is C11H17NO2. The molecule has 0 spiro atoms. The first-order chi connectivity index (χ1) is 6.53. The van der Waals surface area contributed by atoms with Gasteiger partial charge in [0.05, 0.1) is 0 Å². The van der Waals surface area contributed by atoms with Crippen molar-refractivity contribution in [2.45, 2.75) is 19.4 Å². The lowest BCUT2D eigenvalue weighted by molar-refractivity contribution is 0.00823. The van der Waals surface area contributed by atoms with Crippen molar-refractivity contribution in [2.75, 3.05) is 13.7 Å². The maximum absolute atomic E-state index is 9.70. The molecule has 0 saturated heterocycles. The average molecular weight is 195 g/mol. The Morgan fingerprint density at radius 2 is 2.14 bits per heavy atom. The smallest absolute Gasteiger partial charge is 0.121 e. The van der Waals surface area contributed by atoms with Gasteiger partial charge in [-0.15, -0.1) is 0 Å². The fourth-order valence-corrected chi connectivity index (χ4v) is 1.38. The Labute approximate surface area is 84.5 Å². The lowest BCUT2D eigenvalue weighted by Crippen LogP contribution is -2.33. The number of hydrogen-bond donors (Lipinski definition) is 2. The molecule has 0 aliphatic rings. The standard InChI is InChI=1S/C11H17NO2/c1-8-4-5-10(13)9(6-8)11(2,7-12)14-3/h4-6,13H,7,12H2,1-3H3. The molecule has 0 radical (unpaired) electrons. The number of rotatable bonds is 3. The minimum atomic E-state index is -0.615. The maximum Gasteiger partial charge on any atom is 0.121 e. The summed E-state index contributed by atoms with van der Waals surface area (Å²) in [4.78, 5) is 0. The summed E-state index contributed by atoms with van der Waals surface area (Å²) in [5, 5.41) is 9.70. The number of phenols is 1. The Morgan fingerprint density at radius 1 is 1.50 bits per heavy atom. The van der Waals surface area contributed by atoms with Crippen LogP contribution in [0.1, 0.15) is 18.1 Å². The van der Waals surface area contributed by atoms with Crippen LogP contribution in [-0.4, -0.2) is 18.8 Å². The van der Waals surface area contributed by atoms with Crippen molar-refractivity contribution in [1.29, 1.82) is 0 Å². The van der Waals surface area contributed by atoms with Crippen LogP contribution in [0.2, 0.25) is 0 Å². The lowest BCUT2D eigenvalue weighted by Gasteiger charge is -2.27. The van der Waals surface area contributed by atoms with Gasteiger partial charge in [-0.05, 0) is 26.0 Å². The highest BCUT2D eigenvalue weighted by Crippen LogP contribution is 2.31. The fraction of sp³-hybridized carbons (Fsp3) is 0.455. The Balaban J connectivity index is 3.22. The molecule has 0 amide bonds. The van der Waals surface area contributed by atoms with Crippen LogP contribution in [0.25, 0.3) is 0 Å². The molecule has 1 aromatic rings. The molecule has 0 aliphatic heterocycles. The van der Waals surface area contributed by atoms with E-state index in [1.165, 1.54) is 0 Å². The molecule has 3 nitrogen and oxygen atoms in total. The first-order valence-corrected chi connectivity index (χ1v) is 4.59. The van der Waals surface area contributed by atoms with E-state index >= 15 is 0 Å². The van der Waals surface area contributed by atoms with Crippen molar-refractivity contribution in [3.05, 3.63) is 29.3 Å². The topological polar surface area (TPSA) is 55.5 Å². The normalized spacial score (nSPS) is 15.1. The zero-order chi connectivity index (χ0) is 10.8. The number of nitrogens with two attached hydrogens (primary N) is 1. The largest absolute Gasteiger partial charge is 0.508 e. The quantitative estimate of drug-likeness (QED) is 0.768. The number of phenolic OH excluding ortho intramolecular Hbond substituents is 1. The third kappa shape index (κ3) is 1.89. The third-order valence-electron chi connectivity index (χ3n) is 2.56. The van der Waals surface area contributed by atoms with Gasteiger partial charge in [-0.3, -0.25) is 0 Å². The van der Waals surface area contributed by atoms with Gasteiger partial charge < -0.3 is 15.6 Å². The summed E-state index contributed by atoms with van der Waals surface area (Å²) in [6.45, 7) is 4.16. The predicted octanol–water partition coefficient (Wildman–Crippen LogP) is 1.52. The summed E-state index contributed by atoms with van der Waals surface area (Å²) in [5.41, 5.74) is 6.83. The predicted molar refractivity (Wildman–Crippen MR) is 56.3 cm³/mol. The van der Waals surface area contributed by atoms with Gasteiger partial charge in [-0.1, -0.05) is 11.6 Å². The van der Waals surface area contributed by atoms with Crippen molar-refractivity contribution in [3.8, 4) is 5.75 Å². The van der Waals surface area contributed by atoms with Crippen LogP contribution in [0, 0.1) is 6.92 Å². The second-order valence-electron chi connectivity index (χ2n) is 3.66. The van der Waals surface area contributed by atoms with Crippen molar-refractivity contribution < 1.29 is 9.84 Å². The van der Waals surface area contributed by atoms with Crippen molar-refractivity contribution in [2.24, 2.45) is 5.73 Å². The van der Waals surface area contributed by atoms with Crippen LogP contribution in [0.4, 0.5) is 0 Å². The SMILES string of the molecule is COC(C)(CN)c1cc(C)ccc1O. The molecule has 1 rings (SSSR count). The molecule has 3 heteroatoms. The number of aryl methyl sites for hydroxylation is 1. The second-order valence-corrected chi connectivity index (χ2v) is 3.66. The number of hydrogen-bond acceptors (Lipinski definition) is 3. The van der Waals surface area contributed by atoms with Crippen molar-refractivity contribution in [1.82, 2.24) is 0 Å². The van der Waals surface area contributed by atoms with Crippen LogP contribution in [-0.2, 0) is 10.3 Å². The minimum Gasteiger partial charge on any atom is -0.508 e. The van der Waals surface area contributed by atoms with Crippen molar-refractivity contribution >= 4 is 0 Å². The highest BCUT2D eigenvalue weighted by Gasteiger charge is 2.27. The molecule has 0 fully saturated rings. The van der Waals surface area contributed by atoms with Gasteiger partial charge >= 0.3 is 0 Å². The van der Waals surface area contributed by atoms with E-state index in [1.807, 2.05) is 26.0 Å². The molecule has 3 N–H and O–H groups in total. The van der Waals surface area contributed by atoms with E-state index in [1.54, 1.807) is 13.2 Å². The first-order valence-electron chi connectivity index (χ1n) is 4.59. The van der Waals surface area contributed by atoms with E-state index in [-0.39, 0.29) is 5.75 Å². The van der Waals surface area contributed by atoms with E-state index in [0.29, 0.717) is 6.54 Å². The van der Waals surface area contributed by atoms with Crippen molar-refractivity contribution in [3.63, 3.8) is 0 Å². The van der Waals surface area contributed by atoms with E-state index in [2.05, 4.69) is 0 Å². The lowest BCUT2D eigenvalue weighted by atomic mass is 9.93. The maximum atomic E-state index is 9.70. The van der Waals surface area contributed by atoms with Crippen LogP contribution in [0.3, 0.4) is 0 Å². The summed E-state index contributed by atoms with van der Waals surface area (Å²) in [5.74, 6) is 0.227. The molecule has 0 aliphatic carbocycles. The van der Waals surface area contributed by atoms with Gasteiger partial charge in [-0.25, -0.2) is 0 Å². The monoisotopic (exact) mass is 195 g/mol. The number of aromatic hydroxyl groups is 1. The summed E-state index contributed by atoms with van der Waals surface area (Å²) >= 11 is 0. The summed E-state index contributed by atoms with van der Waals surface area (Å²) < 4.78 is 5.32. The Bertz CT molecular complexity index is 319. The van der Waals surface area contributed by atoms with Crippen LogP contribution in [0.15, 0.2) is 18.2 Å². The van der Waals surface area contributed by atoms with E-state index < -0.39 is 5.60 Å². The number of benzene rings is 1. The molecule has 0 heterocycles. The zero-order valence-electron chi connectivity index (χ0n) is 8.87. The summed E-state index contributed by atoms with van der Waals surface area (Å²) in [6.07, 6.45) is 0. The highest BCUT2D eigenvalue weighted by atomic mass is 16.5. The molecule has 14 heavy (non-hydrogen) atoms. The van der Waals surface area contributed by atoms with Gasteiger partial charge in [0.1, 0.15) is 11.4 Å². The van der Waals surface area contributed by atoms with Gasteiger partial charge in [0.2, 0.25) is 0 Å². The average Bonchev–Trinajstić information content (AvgIpc) is 2.20.